The van der Waals surface area contributed by atoms with Gasteiger partial charge in [0.1, 0.15) is 23.6 Å². The van der Waals surface area contributed by atoms with E-state index in [0.717, 1.165) is 0 Å². The number of aliphatic imine (C=N–C) groups is 1. The van der Waals surface area contributed by atoms with Crippen molar-refractivity contribution in [3.8, 4) is 0 Å². The molecule has 0 radical (unpaired) electrons. The Morgan fingerprint density at radius 2 is 2.33 bits per heavy atom. The van der Waals surface area contributed by atoms with Gasteiger partial charge >= 0.3 is 0 Å². The van der Waals surface area contributed by atoms with E-state index in [1.807, 2.05) is 0 Å². The summed E-state index contributed by atoms with van der Waals surface area (Å²) in [4.78, 5) is 19.9. The van der Waals surface area contributed by atoms with Gasteiger partial charge in [-0.15, -0.1) is 0 Å². The summed E-state index contributed by atoms with van der Waals surface area (Å²) >= 11 is 0. The van der Waals surface area contributed by atoms with Crippen LogP contribution in [-0.2, 0) is 4.74 Å². The second kappa shape index (κ2) is 4.60. The second-order valence-electron chi connectivity index (χ2n) is 5.40. The average molecular weight is 296 g/mol. The molecular weight excluding hydrogens is 280 g/mol. The number of hydrogen-bond acceptors (Lipinski definition) is 8. The minimum absolute atomic E-state index is 0.00489. The van der Waals surface area contributed by atoms with Crippen molar-refractivity contribution in [3.05, 3.63) is 12.0 Å². The number of ketones is 1. The SMILES string of the molecule is C[C@]1(O)C(O)[C@H](n2cnc3c2N=C(N)CC3=O)O[C@@H]1CO. The van der Waals surface area contributed by atoms with Gasteiger partial charge in [-0.2, -0.15) is 0 Å². The Labute approximate surface area is 119 Å². The molecule has 21 heavy (non-hydrogen) atoms. The second-order valence-corrected chi connectivity index (χ2v) is 5.40. The Bertz CT molecular complexity index is 623. The lowest BCUT2D eigenvalue weighted by atomic mass is 9.95. The number of aromatic nitrogens is 2. The van der Waals surface area contributed by atoms with E-state index in [1.54, 1.807) is 0 Å². The van der Waals surface area contributed by atoms with Gasteiger partial charge in [0.15, 0.2) is 23.5 Å². The van der Waals surface area contributed by atoms with E-state index in [0.29, 0.717) is 0 Å². The first-order valence-corrected chi connectivity index (χ1v) is 6.46. The topological polar surface area (TPSA) is 143 Å². The summed E-state index contributed by atoms with van der Waals surface area (Å²) in [6, 6.07) is 0. The normalized spacial score (nSPS) is 35.7. The fourth-order valence-electron chi connectivity index (χ4n) is 2.58. The molecule has 1 saturated heterocycles. The van der Waals surface area contributed by atoms with Crippen LogP contribution >= 0.6 is 0 Å². The van der Waals surface area contributed by atoms with Crippen molar-refractivity contribution in [3.63, 3.8) is 0 Å². The zero-order valence-electron chi connectivity index (χ0n) is 11.3. The molecule has 3 rings (SSSR count). The molecule has 5 N–H and O–H groups in total. The number of carbonyl (C=O) groups is 1. The number of ether oxygens (including phenoxy) is 1. The van der Waals surface area contributed by atoms with Crippen molar-refractivity contribution in [2.75, 3.05) is 6.61 Å². The van der Waals surface area contributed by atoms with Crippen LogP contribution in [0.25, 0.3) is 0 Å². The number of amidine groups is 1. The quantitative estimate of drug-likeness (QED) is 0.517. The number of carbonyl (C=O) groups excluding carboxylic acids is 1. The highest BCUT2D eigenvalue weighted by Crippen LogP contribution is 2.40. The third-order valence-electron chi connectivity index (χ3n) is 3.89. The van der Waals surface area contributed by atoms with Crippen LogP contribution in [0.3, 0.4) is 0 Å². The number of nitrogens with zero attached hydrogens (tertiary/aromatic N) is 3. The number of aliphatic hydroxyl groups excluding tert-OH is 2. The Morgan fingerprint density at radius 3 is 2.95 bits per heavy atom. The lowest BCUT2D eigenvalue weighted by molar-refractivity contribution is -0.0805. The Kier molecular flexibility index (Phi) is 3.10. The summed E-state index contributed by atoms with van der Waals surface area (Å²) < 4.78 is 6.81. The molecule has 1 fully saturated rings. The molecule has 0 aromatic carbocycles. The number of hydrogen-bond donors (Lipinski definition) is 4. The minimum atomic E-state index is -1.63. The minimum Gasteiger partial charge on any atom is -0.394 e. The first kappa shape index (κ1) is 14.1. The molecule has 1 aromatic heterocycles. The maximum absolute atomic E-state index is 11.8. The molecule has 0 saturated carbocycles. The van der Waals surface area contributed by atoms with Crippen molar-refractivity contribution < 1.29 is 24.9 Å². The maximum atomic E-state index is 11.8. The lowest BCUT2D eigenvalue weighted by Gasteiger charge is -2.25. The van der Waals surface area contributed by atoms with E-state index in [9.17, 15) is 20.1 Å². The largest absolute Gasteiger partial charge is 0.394 e. The zero-order chi connectivity index (χ0) is 15.4. The summed E-state index contributed by atoms with van der Waals surface area (Å²) in [6.45, 7) is 0.909. The first-order valence-electron chi connectivity index (χ1n) is 6.46. The van der Waals surface area contributed by atoms with Gasteiger partial charge in [0.2, 0.25) is 0 Å². The van der Waals surface area contributed by atoms with Crippen LogP contribution in [0, 0.1) is 0 Å². The van der Waals surface area contributed by atoms with Crippen molar-refractivity contribution in [2.45, 2.75) is 37.4 Å². The van der Waals surface area contributed by atoms with E-state index in [-0.39, 0.29) is 29.6 Å². The van der Waals surface area contributed by atoms with Gasteiger partial charge in [0.05, 0.1) is 19.4 Å². The fourth-order valence-corrected chi connectivity index (χ4v) is 2.58. The molecule has 4 atom stereocenters. The van der Waals surface area contributed by atoms with Crippen molar-refractivity contribution in [1.29, 1.82) is 0 Å². The highest BCUT2D eigenvalue weighted by Gasteiger charge is 2.53. The van der Waals surface area contributed by atoms with E-state index in [1.165, 1.54) is 17.8 Å². The molecule has 2 aliphatic rings. The highest BCUT2D eigenvalue weighted by atomic mass is 16.6. The molecule has 2 aliphatic heterocycles. The number of rotatable bonds is 2. The van der Waals surface area contributed by atoms with Crippen molar-refractivity contribution >= 4 is 17.4 Å². The zero-order valence-corrected chi connectivity index (χ0v) is 11.3. The van der Waals surface area contributed by atoms with Gasteiger partial charge in [0, 0.05) is 0 Å². The molecule has 1 aromatic rings. The average Bonchev–Trinajstić information content (AvgIpc) is 2.91. The van der Waals surface area contributed by atoms with Crippen LogP contribution in [0.1, 0.15) is 30.1 Å². The standard InChI is InChI=1S/C12H16N4O5/c1-12(20)6(3-17)21-11(9(12)19)16-4-14-8-5(18)2-7(13)15-10(8)16/h4,6,9,11,17,19-20H,2-3H2,1H3,(H2,13,15)/t6-,9?,11-,12-/m1/s1. The fraction of sp³-hybridized carbons (Fsp3) is 0.583. The summed E-state index contributed by atoms with van der Waals surface area (Å²) in [5.74, 6) is 0.0589. The summed E-state index contributed by atoms with van der Waals surface area (Å²) in [5, 5.41) is 29.7. The van der Waals surface area contributed by atoms with Crippen LogP contribution in [-0.4, -0.2) is 60.9 Å². The van der Waals surface area contributed by atoms with Crippen LogP contribution in [0.4, 0.5) is 5.82 Å². The number of fused-ring (bicyclic) bond motifs is 1. The molecule has 0 amide bonds. The van der Waals surface area contributed by atoms with E-state index < -0.39 is 30.6 Å². The predicted molar refractivity (Wildman–Crippen MR) is 70.1 cm³/mol. The van der Waals surface area contributed by atoms with Gasteiger partial charge in [-0.3, -0.25) is 9.36 Å². The van der Waals surface area contributed by atoms with E-state index >= 15 is 0 Å². The first-order chi connectivity index (χ1) is 9.86. The number of Topliss-reactive ketones (excluding diaryl/α,β-unsaturated/α-hetero) is 1. The molecule has 3 heterocycles. The highest BCUT2D eigenvalue weighted by molar-refractivity contribution is 6.13. The van der Waals surface area contributed by atoms with Crippen LogP contribution in [0.15, 0.2) is 11.3 Å². The van der Waals surface area contributed by atoms with E-state index in [4.69, 9.17) is 10.5 Å². The number of imidazole rings is 1. The third-order valence-corrected chi connectivity index (χ3v) is 3.89. The van der Waals surface area contributed by atoms with Gasteiger partial charge in [-0.05, 0) is 6.92 Å². The number of nitrogens with two attached hydrogens (primary N) is 1. The molecule has 114 valence electrons. The monoisotopic (exact) mass is 296 g/mol. The van der Waals surface area contributed by atoms with Crippen LogP contribution in [0.5, 0.6) is 0 Å². The Hall–Kier alpha value is -1.81. The van der Waals surface area contributed by atoms with Crippen LogP contribution < -0.4 is 5.73 Å². The van der Waals surface area contributed by atoms with Gasteiger partial charge < -0.3 is 25.8 Å². The van der Waals surface area contributed by atoms with Gasteiger partial charge in [-0.25, -0.2) is 9.98 Å². The molecule has 9 nitrogen and oxygen atoms in total. The summed E-state index contributed by atoms with van der Waals surface area (Å²) in [6.07, 6.45) is -2.00. The van der Waals surface area contributed by atoms with Gasteiger partial charge in [-0.1, -0.05) is 0 Å². The predicted octanol–water partition coefficient (Wildman–Crippen LogP) is -1.54. The van der Waals surface area contributed by atoms with E-state index in [2.05, 4.69) is 9.98 Å². The maximum Gasteiger partial charge on any atom is 0.192 e. The lowest BCUT2D eigenvalue weighted by Crippen LogP contribution is -2.46. The molecule has 0 spiro atoms. The van der Waals surface area contributed by atoms with Crippen LogP contribution in [0.2, 0.25) is 0 Å². The van der Waals surface area contributed by atoms with Gasteiger partial charge in [0.25, 0.3) is 0 Å². The molecule has 0 aliphatic carbocycles. The Morgan fingerprint density at radius 1 is 1.62 bits per heavy atom. The third kappa shape index (κ3) is 1.97. The summed E-state index contributed by atoms with van der Waals surface area (Å²) in [7, 11) is 0. The molecular formula is C12H16N4O5. The van der Waals surface area contributed by atoms with Crippen molar-refractivity contribution in [2.24, 2.45) is 10.7 Å². The summed E-state index contributed by atoms with van der Waals surface area (Å²) in [5.41, 5.74) is 4.11. The molecule has 9 heteroatoms. The Balaban J connectivity index is 2.03. The smallest absolute Gasteiger partial charge is 0.192 e. The van der Waals surface area contributed by atoms with Crippen molar-refractivity contribution in [1.82, 2.24) is 9.55 Å². The molecule has 1 unspecified atom stereocenters. The number of aliphatic hydroxyl groups is 3. The molecule has 0 bridgehead atoms.